The van der Waals surface area contributed by atoms with Crippen molar-refractivity contribution >= 4 is 17.7 Å². The van der Waals surface area contributed by atoms with Crippen LogP contribution in [0.2, 0.25) is 0 Å². The SMILES string of the molecule is O=C(/C=C/[C@@H]1[C@H]2CC(=O)O[C@H]2C[C@H]1OC(=O)c1ccccc1)CCc1ccccc1. The monoisotopic (exact) mass is 404 g/mol. The number of carbonyl (C=O) groups is 3. The van der Waals surface area contributed by atoms with E-state index in [9.17, 15) is 14.4 Å². The maximum absolute atomic E-state index is 12.5. The highest BCUT2D eigenvalue weighted by atomic mass is 16.6. The largest absolute Gasteiger partial charge is 0.462 e. The molecule has 0 aromatic heterocycles. The Morgan fingerprint density at radius 1 is 1.03 bits per heavy atom. The van der Waals surface area contributed by atoms with Gasteiger partial charge in [-0.3, -0.25) is 9.59 Å². The van der Waals surface area contributed by atoms with Gasteiger partial charge in [-0.25, -0.2) is 4.79 Å². The molecule has 0 unspecified atom stereocenters. The summed E-state index contributed by atoms with van der Waals surface area (Å²) in [6.07, 6.45) is 4.53. The summed E-state index contributed by atoms with van der Waals surface area (Å²) >= 11 is 0. The van der Waals surface area contributed by atoms with Crippen LogP contribution in [0.4, 0.5) is 0 Å². The number of ketones is 1. The molecule has 5 nitrogen and oxygen atoms in total. The van der Waals surface area contributed by atoms with Gasteiger partial charge in [0.25, 0.3) is 0 Å². The number of benzene rings is 2. The third-order valence-electron chi connectivity index (χ3n) is 5.83. The van der Waals surface area contributed by atoms with Crippen molar-refractivity contribution in [1.82, 2.24) is 0 Å². The lowest BCUT2D eigenvalue weighted by molar-refractivity contribution is -0.141. The Labute approximate surface area is 175 Å². The first-order chi connectivity index (χ1) is 14.6. The highest BCUT2D eigenvalue weighted by Gasteiger charge is 2.50. The van der Waals surface area contributed by atoms with Crippen LogP contribution < -0.4 is 0 Å². The molecule has 2 fully saturated rings. The van der Waals surface area contributed by atoms with Gasteiger partial charge in [0.05, 0.1) is 12.0 Å². The number of esters is 2. The average molecular weight is 404 g/mol. The van der Waals surface area contributed by atoms with Crippen LogP contribution in [0.5, 0.6) is 0 Å². The summed E-state index contributed by atoms with van der Waals surface area (Å²) in [5, 5.41) is 0. The van der Waals surface area contributed by atoms with E-state index in [1.165, 1.54) is 0 Å². The Morgan fingerprint density at radius 3 is 2.47 bits per heavy atom. The number of hydrogen-bond acceptors (Lipinski definition) is 5. The molecule has 2 aromatic rings. The van der Waals surface area contributed by atoms with Gasteiger partial charge in [0.2, 0.25) is 0 Å². The fourth-order valence-corrected chi connectivity index (χ4v) is 4.28. The van der Waals surface area contributed by atoms with Gasteiger partial charge in [0.15, 0.2) is 5.78 Å². The van der Waals surface area contributed by atoms with Crippen molar-refractivity contribution in [3.63, 3.8) is 0 Å². The van der Waals surface area contributed by atoms with Crippen LogP contribution in [-0.4, -0.2) is 29.9 Å². The van der Waals surface area contributed by atoms with Crippen molar-refractivity contribution in [2.75, 3.05) is 0 Å². The molecule has 4 rings (SSSR count). The molecule has 1 saturated carbocycles. The summed E-state index contributed by atoms with van der Waals surface area (Å²) in [5.41, 5.74) is 1.60. The highest BCUT2D eigenvalue weighted by molar-refractivity contribution is 5.90. The van der Waals surface area contributed by atoms with Crippen LogP contribution in [0.3, 0.4) is 0 Å². The van der Waals surface area contributed by atoms with Gasteiger partial charge in [-0.15, -0.1) is 0 Å². The topological polar surface area (TPSA) is 69.7 Å². The van der Waals surface area contributed by atoms with Gasteiger partial charge >= 0.3 is 11.9 Å². The molecule has 1 heterocycles. The van der Waals surface area contributed by atoms with E-state index in [4.69, 9.17) is 9.47 Å². The van der Waals surface area contributed by atoms with Gasteiger partial charge < -0.3 is 9.47 Å². The summed E-state index contributed by atoms with van der Waals surface area (Å²) in [4.78, 5) is 36.6. The normalized spacial score (nSPS) is 25.1. The van der Waals surface area contributed by atoms with E-state index < -0.39 is 12.1 Å². The van der Waals surface area contributed by atoms with E-state index in [2.05, 4.69) is 0 Å². The molecule has 1 saturated heterocycles. The molecule has 30 heavy (non-hydrogen) atoms. The molecular weight excluding hydrogens is 380 g/mol. The molecule has 4 atom stereocenters. The first-order valence-electron chi connectivity index (χ1n) is 10.3. The predicted molar refractivity (Wildman–Crippen MR) is 111 cm³/mol. The number of aryl methyl sites for hydroxylation is 1. The number of rotatable bonds is 7. The first kappa shape index (κ1) is 20.1. The minimum absolute atomic E-state index is 0.0145. The van der Waals surface area contributed by atoms with Crippen LogP contribution in [0.1, 0.15) is 35.2 Å². The van der Waals surface area contributed by atoms with Gasteiger partial charge in [0.1, 0.15) is 12.2 Å². The van der Waals surface area contributed by atoms with E-state index in [1.807, 2.05) is 42.5 Å². The predicted octanol–water partition coefficient (Wildman–Crippen LogP) is 3.92. The van der Waals surface area contributed by atoms with Crippen molar-refractivity contribution in [3.8, 4) is 0 Å². The standard InChI is InChI=1S/C25H24O5/c26-19(12-11-17-7-3-1-4-8-17)13-14-20-21-15-24(27)29-23(21)16-22(20)30-25(28)18-9-5-2-6-10-18/h1-10,13-14,20-23H,11-12,15-16H2/b14-13+/t20-,21-,22-,23+/m1/s1. The van der Waals surface area contributed by atoms with Crippen molar-refractivity contribution in [2.24, 2.45) is 11.8 Å². The van der Waals surface area contributed by atoms with E-state index in [-0.39, 0.29) is 36.1 Å². The molecule has 0 spiro atoms. The number of carbonyl (C=O) groups excluding carboxylic acids is 3. The summed E-state index contributed by atoms with van der Waals surface area (Å²) in [7, 11) is 0. The highest BCUT2D eigenvalue weighted by Crippen LogP contribution is 2.43. The molecule has 0 radical (unpaired) electrons. The minimum atomic E-state index is -0.418. The Morgan fingerprint density at radius 2 is 1.73 bits per heavy atom. The third kappa shape index (κ3) is 4.67. The van der Waals surface area contributed by atoms with Crippen molar-refractivity contribution in [2.45, 2.75) is 37.9 Å². The van der Waals surface area contributed by atoms with Crippen LogP contribution in [0.15, 0.2) is 72.8 Å². The van der Waals surface area contributed by atoms with E-state index in [0.29, 0.717) is 24.8 Å². The molecule has 5 heteroatoms. The molecule has 0 N–H and O–H groups in total. The Balaban J connectivity index is 1.42. The second-order valence-corrected chi connectivity index (χ2v) is 7.83. The number of fused-ring (bicyclic) bond motifs is 1. The number of allylic oxidation sites excluding steroid dienone is 1. The molecule has 1 aliphatic carbocycles. The number of ether oxygens (including phenoxy) is 2. The zero-order valence-corrected chi connectivity index (χ0v) is 16.6. The summed E-state index contributed by atoms with van der Waals surface area (Å²) < 4.78 is 11.1. The number of hydrogen-bond donors (Lipinski definition) is 0. The smallest absolute Gasteiger partial charge is 0.338 e. The van der Waals surface area contributed by atoms with Gasteiger partial charge in [-0.05, 0) is 30.2 Å². The molecule has 2 aromatic carbocycles. The lowest BCUT2D eigenvalue weighted by atomic mass is 9.91. The fraction of sp³-hybridized carbons (Fsp3) is 0.320. The second kappa shape index (κ2) is 9.08. The Bertz CT molecular complexity index is 935. The van der Waals surface area contributed by atoms with Gasteiger partial charge in [0, 0.05) is 24.7 Å². The summed E-state index contributed by atoms with van der Waals surface area (Å²) in [6, 6.07) is 18.7. The second-order valence-electron chi connectivity index (χ2n) is 7.83. The zero-order chi connectivity index (χ0) is 20.9. The van der Waals surface area contributed by atoms with Crippen LogP contribution >= 0.6 is 0 Å². The van der Waals surface area contributed by atoms with Gasteiger partial charge in [-0.1, -0.05) is 54.6 Å². The van der Waals surface area contributed by atoms with Crippen LogP contribution in [0, 0.1) is 11.8 Å². The maximum atomic E-state index is 12.5. The molecule has 1 aliphatic heterocycles. The third-order valence-corrected chi connectivity index (χ3v) is 5.83. The van der Waals surface area contributed by atoms with Crippen LogP contribution in [-0.2, 0) is 25.5 Å². The quantitative estimate of drug-likeness (QED) is 0.517. The lowest BCUT2D eigenvalue weighted by Crippen LogP contribution is -2.25. The van der Waals surface area contributed by atoms with E-state index in [0.717, 1.165) is 5.56 Å². The van der Waals surface area contributed by atoms with Gasteiger partial charge in [-0.2, -0.15) is 0 Å². The lowest BCUT2D eigenvalue weighted by Gasteiger charge is -2.20. The van der Waals surface area contributed by atoms with Crippen molar-refractivity contribution < 1.29 is 23.9 Å². The fourth-order valence-electron chi connectivity index (χ4n) is 4.28. The van der Waals surface area contributed by atoms with Crippen molar-refractivity contribution in [1.29, 1.82) is 0 Å². The van der Waals surface area contributed by atoms with Crippen molar-refractivity contribution in [3.05, 3.63) is 83.9 Å². The maximum Gasteiger partial charge on any atom is 0.338 e. The Hall–Kier alpha value is -3.21. The van der Waals surface area contributed by atoms with Crippen LogP contribution in [0.25, 0.3) is 0 Å². The zero-order valence-electron chi connectivity index (χ0n) is 16.6. The Kier molecular flexibility index (Phi) is 6.07. The molecule has 0 amide bonds. The average Bonchev–Trinajstić information content (AvgIpc) is 3.27. The molecular formula is C25H24O5. The summed E-state index contributed by atoms with van der Waals surface area (Å²) in [6.45, 7) is 0. The molecule has 2 aliphatic rings. The van der Waals surface area contributed by atoms with E-state index in [1.54, 1.807) is 30.3 Å². The molecule has 0 bridgehead atoms. The van der Waals surface area contributed by atoms with E-state index >= 15 is 0 Å². The molecule has 154 valence electrons. The first-order valence-corrected chi connectivity index (χ1v) is 10.3. The minimum Gasteiger partial charge on any atom is -0.462 e. The summed E-state index contributed by atoms with van der Waals surface area (Å²) in [5.74, 6) is -0.896.